The van der Waals surface area contributed by atoms with Gasteiger partial charge in [0.05, 0.1) is 24.6 Å². The maximum absolute atomic E-state index is 13.9. The van der Waals surface area contributed by atoms with Gasteiger partial charge in [0.2, 0.25) is 0 Å². The number of halogens is 2. The average Bonchev–Trinajstić information content (AvgIpc) is 3.60. The average molecular weight is 648 g/mol. The number of carbonyl (C=O) groups is 1. The number of furan rings is 2. The molecule has 4 heterocycles. The van der Waals surface area contributed by atoms with Crippen LogP contribution in [0.5, 0.6) is 0 Å². The molecule has 5 nitrogen and oxygen atoms in total. The van der Waals surface area contributed by atoms with Gasteiger partial charge in [0.1, 0.15) is 11.5 Å². The quantitative estimate of drug-likeness (QED) is 0.267. The third-order valence-corrected chi connectivity index (χ3v) is 8.17. The van der Waals surface area contributed by atoms with Gasteiger partial charge < -0.3 is 8.83 Å². The van der Waals surface area contributed by atoms with E-state index in [0.29, 0.717) is 13.1 Å². The summed E-state index contributed by atoms with van der Waals surface area (Å²) in [5.74, 6) is 1.80. The van der Waals surface area contributed by atoms with Gasteiger partial charge in [0.25, 0.3) is 0 Å². The van der Waals surface area contributed by atoms with Crippen LogP contribution >= 0.6 is 45.2 Å². The first kappa shape index (κ1) is 20.6. The minimum absolute atomic E-state index is 0.145. The molecule has 0 radical (unpaired) electrons. The Morgan fingerprint density at radius 3 is 1.62 bits per heavy atom. The molecular formula is C25H18I2N2O3. The number of fused-ring (bicyclic) bond motifs is 2. The molecule has 0 fully saturated rings. The van der Waals surface area contributed by atoms with E-state index in [9.17, 15) is 4.79 Å². The molecule has 0 amide bonds. The molecule has 2 atom stereocenters. The molecular weight excluding hydrogens is 630 g/mol. The number of Topliss-reactive ketones (excluding diaryl/α,β-unsaturated/α-hetero) is 1. The predicted octanol–water partition coefficient (Wildman–Crippen LogP) is 5.97. The van der Waals surface area contributed by atoms with Gasteiger partial charge in [0, 0.05) is 31.4 Å². The van der Waals surface area contributed by atoms with Gasteiger partial charge in [-0.05, 0) is 116 Å². The van der Waals surface area contributed by atoms with Crippen LogP contribution in [0.25, 0.3) is 22.6 Å². The molecule has 0 aliphatic carbocycles. The summed E-state index contributed by atoms with van der Waals surface area (Å²) in [7, 11) is 0. The number of nitrogens with one attached hydrogen (secondary N) is 2. The Labute approximate surface area is 212 Å². The normalized spacial score (nSPS) is 19.2. The maximum Gasteiger partial charge on any atom is 0.175 e. The first-order chi connectivity index (χ1) is 15.6. The Morgan fingerprint density at radius 2 is 1.22 bits per heavy atom. The first-order valence-electron chi connectivity index (χ1n) is 10.3. The van der Waals surface area contributed by atoms with Gasteiger partial charge in [-0.3, -0.25) is 15.4 Å². The van der Waals surface area contributed by atoms with Crippen molar-refractivity contribution in [3.63, 3.8) is 0 Å². The number of carbonyl (C=O) groups excluding carboxylic acids is 1. The molecule has 2 aliphatic rings. The molecule has 0 bridgehead atoms. The third-order valence-electron chi connectivity index (χ3n) is 6.29. The Kier molecular flexibility index (Phi) is 5.24. The van der Waals surface area contributed by atoms with Crippen molar-refractivity contribution < 1.29 is 13.6 Å². The lowest BCUT2D eigenvalue weighted by molar-refractivity contribution is -0.123. The van der Waals surface area contributed by atoms with E-state index in [-0.39, 0.29) is 17.9 Å². The third kappa shape index (κ3) is 3.20. The van der Waals surface area contributed by atoms with E-state index in [0.717, 1.165) is 52.0 Å². The Morgan fingerprint density at radius 1 is 0.750 bits per heavy atom. The van der Waals surface area contributed by atoms with Crippen LogP contribution in [0.1, 0.15) is 34.3 Å². The highest BCUT2D eigenvalue weighted by molar-refractivity contribution is 14.1. The molecule has 0 spiro atoms. The Balaban J connectivity index is 1.40. The van der Waals surface area contributed by atoms with E-state index in [1.54, 1.807) is 12.5 Å². The fourth-order valence-corrected chi connectivity index (χ4v) is 6.50. The standard InChI is InChI=1S/C25H18I2N2O3/c26-17-7-5-13(19-3-1-9-31-19)15-11-28-23(21(15)17)25(30)24-22-16(12-29-24)14(6-8-18(22)27)20-4-2-10-32-20/h1-10,23-24,28-29H,11-12H2. The molecule has 4 aromatic rings. The van der Waals surface area contributed by atoms with Crippen molar-refractivity contribution in [1.82, 2.24) is 10.6 Å². The van der Waals surface area contributed by atoms with Gasteiger partial charge in [-0.2, -0.15) is 0 Å². The second kappa shape index (κ2) is 8.12. The van der Waals surface area contributed by atoms with Gasteiger partial charge in [-0.15, -0.1) is 0 Å². The van der Waals surface area contributed by atoms with Crippen molar-refractivity contribution in [3.8, 4) is 22.6 Å². The number of ketones is 1. The predicted molar refractivity (Wildman–Crippen MR) is 138 cm³/mol. The van der Waals surface area contributed by atoms with Crippen LogP contribution in [0, 0.1) is 7.14 Å². The monoisotopic (exact) mass is 648 g/mol. The summed E-state index contributed by atoms with van der Waals surface area (Å²) in [6, 6.07) is 15.3. The second-order valence-electron chi connectivity index (χ2n) is 7.96. The molecule has 2 aliphatic heterocycles. The lowest BCUT2D eigenvalue weighted by Crippen LogP contribution is -2.32. The summed E-state index contributed by atoms with van der Waals surface area (Å²) >= 11 is 4.67. The zero-order valence-electron chi connectivity index (χ0n) is 16.8. The van der Waals surface area contributed by atoms with Crippen LogP contribution < -0.4 is 10.6 Å². The van der Waals surface area contributed by atoms with Gasteiger partial charge in [-0.25, -0.2) is 0 Å². The molecule has 0 saturated heterocycles. The van der Waals surface area contributed by atoms with Crippen molar-refractivity contribution in [2.24, 2.45) is 0 Å². The van der Waals surface area contributed by atoms with Crippen LogP contribution in [0.3, 0.4) is 0 Å². The smallest absolute Gasteiger partial charge is 0.175 e. The van der Waals surface area contributed by atoms with Crippen LogP contribution in [0.4, 0.5) is 0 Å². The summed E-state index contributed by atoms with van der Waals surface area (Å²) < 4.78 is 13.5. The van der Waals surface area contributed by atoms with E-state index in [1.165, 1.54) is 0 Å². The Bertz CT molecular complexity index is 1230. The van der Waals surface area contributed by atoms with E-state index < -0.39 is 0 Å². The van der Waals surface area contributed by atoms with Crippen molar-refractivity contribution in [2.75, 3.05) is 0 Å². The summed E-state index contributed by atoms with van der Waals surface area (Å²) in [5.41, 5.74) is 6.50. The maximum atomic E-state index is 13.9. The largest absolute Gasteiger partial charge is 0.464 e. The summed E-state index contributed by atoms with van der Waals surface area (Å²) in [5, 5.41) is 6.95. The van der Waals surface area contributed by atoms with Gasteiger partial charge in [0.15, 0.2) is 5.78 Å². The number of hydrogen-bond acceptors (Lipinski definition) is 5. The number of benzene rings is 2. The van der Waals surface area contributed by atoms with Crippen LogP contribution in [-0.2, 0) is 17.9 Å². The van der Waals surface area contributed by atoms with Crippen molar-refractivity contribution in [3.05, 3.63) is 90.5 Å². The number of rotatable bonds is 4. The molecule has 2 N–H and O–H groups in total. The van der Waals surface area contributed by atoms with E-state index in [1.807, 2.05) is 24.3 Å². The highest BCUT2D eigenvalue weighted by Gasteiger charge is 2.40. The number of hydrogen-bond donors (Lipinski definition) is 2. The van der Waals surface area contributed by atoms with Gasteiger partial charge in [-0.1, -0.05) is 0 Å². The molecule has 0 saturated carbocycles. The van der Waals surface area contributed by atoms with Crippen LogP contribution in [-0.4, -0.2) is 5.78 Å². The molecule has 2 unspecified atom stereocenters. The fourth-order valence-electron chi connectivity index (χ4n) is 4.87. The lowest BCUT2D eigenvalue weighted by Gasteiger charge is -2.20. The zero-order chi connectivity index (χ0) is 21.8. The molecule has 160 valence electrons. The highest BCUT2D eigenvalue weighted by Crippen LogP contribution is 2.43. The molecule has 32 heavy (non-hydrogen) atoms. The van der Waals surface area contributed by atoms with Gasteiger partial charge >= 0.3 is 0 Å². The molecule has 2 aromatic carbocycles. The fraction of sp³-hybridized carbons (Fsp3) is 0.160. The van der Waals surface area contributed by atoms with Crippen LogP contribution in [0.15, 0.2) is 69.9 Å². The van der Waals surface area contributed by atoms with Crippen LogP contribution in [0.2, 0.25) is 0 Å². The lowest BCUT2D eigenvalue weighted by atomic mass is 9.90. The first-order valence-corrected chi connectivity index (χ1v) is 12.5. The Hall–Kier alpha value is -1.95. The topological polar surface area (TPSA) is 67.4 Å². The zero-order valence-corrected chi connectivity index (χ0v) is 21.1. The molecule has 6 rings (SSSR count). The summed E-state index contributed by atoms with van der Waals surface area (Å²) in [6.45, 7) is 1.28. The minimum Gasteiger partial charge on any atom is -0.464 e. The minimum atomic E-state index is -0.363. The van der Waals surface area contributed by atoms with E-state index >= 15 is 0 Å². The van der Waals surface area contributed by atoms with E-state index in [4.69, 9.17) is 8.83 Å². The molecule has 2 aromatic heterocycles. The van der Waals surface area contributed by atoms with Crippen molar-refractivity contribution in [1.29, 1.82) is 0 Å². The SMILES string of the molecule is O=C(C1NCc2c(-c3ccco3)ccc(I)c21)C1NCc2c(-c3ccco3)ccc(I)c21. The summed E-state index contributed by atoms with van der Waals surface area (Å²) in [4.78, 5) is 13.9. The summed E-state index contributed by atoms with van der Waals surface area (Å²) in [6.07, 6.45) is 3.37. The van der Waals surface area contributed by atoms with Crippen molar-refractivity contribution >= 4 is 51.0 Å². The molecule has 7 heteroatoms. The highest BCUT2D eigenvalue weighted by atomic mass is 127. The second-order valence-corrected chi connectivity index (χ2v) is 10.3. The van der Waals surface area contributed by atoms with Crippen molar-refractivity contribution in [2.45, 2.75) is 25.2 Å². The van der Waals surface area contributed by atoms with E-state index in [2.05, 4.69) is 80.1 Å².